The van der Waals surface area contributed by atoms with E-state index >= 15 is 0 Å². The fraction of sp³-hybridized carbons (Fsp3) is 0.0312. The predicted molar refractivity (Wildman–Crippen MR) is 168 cm³/mol. The Morgan fingerprint density at radius 2 is 1.66 bits per heavy atom. The zero-order valence-corrected chi connectivity index (χ0v) is 23.5. The molecule has 0 radical (unpaired) electrons. The van der Waals surface area contributed by atoms with Gasteiger partial charge in [0.2, 0.25) is 5.13 Å². The van der Waals surface area contributed by atoms with Crippen molar-refractivity contribution in [2.45, 2.75) is 6.92 Å². The molecular formula is C32H22N6OS2. The van der Waals surface area contributed by atoms with Crippen LogP contribution in [0, 0.1) is 0 Å². The van der Waals surface area contributed by atoms with Crippen molar-refractivity contribution in [3.8, 4) is 17.1 Å². The first kappa shape index (κ1) is 25.0. The van der Waals surface area contributed by atoms with Gasteiger partial charge in [0.15, 0.2) is 5.78 Å². The molecule has 0 atom stereocenters. The normalized spacial score (nSPS) is 11.8. The maximum Gasteiger partial charge on any atom is 0.203 e. The first-order chi connectivity index (χ1) is 20.1. The number of fused-ring (bicyclic) bond motifs is 2. The van der Waals surface area contributed by atoms with Gasteiger partial charge in [-0.1, -0.05) is 66.7 Å². The lowest BCUT2D eigenvalue weighted by Gasteiger charge is -2.03. The summed E-state index contributed by atoms with van der Waals surface area (Å²) in [6.45, 7) is 1.92. The third-order valence-corrected chi connectivity index (χ3v) is 8.55. The Morgan fingerprint density at radius 3 is 2.51 bits per heavy atom. The van der Waals surface area contributed by atoms with Gasteiger partial charge in [0, 0.05) is 17.1 Å². The summed E-state index contributed by atoms with van der Waals surface area (Å²) < 4.78 is 2.84. The van der Waals surface area contributed by atoms with E-state index in [2.05, 4.69) is 21.6 Å². The molecule has 0 spiro atoms. The van der Waals surface area contributed by atoms with Crippen molar-refractivity contribution in [1.29, 1.82) is 0 Å². The third kappa shape index (κ3) is 4.93. The van der Waals surface area contributed by atoms with Crippen molar-refractivity contribution < 1.29 is 4.79 Å². The number of benzene rings is 4. The summed E-state index contributed by atoms with van der Waals surface area (Å²) in [5.41, 5.74) is 7.84. The van der Waals surface area contributed by atoms with Crippen molar-refractivity contribution in [2.24, 2.45) is 5.10 Å². The molecule has 0 bridgehead atoms. The molecule has 198 valence electrons. The molecule has 3 heterocycles. The Hall–Kier alpha value is -4.99. The summed E-state index contributed by atoms with van der Waals surface area (Å²) in [4.78, 5) is 23.3. The first-order valence-electron chi connectivity index (χ1n) is 12.9. The lowest BCUT2D eigenvalue weighted by molar-refractivity contribution is 0.103. The molecule has 0 aliphatic rings. The van der Waals surface area contributed by atoms with Gasteiger partial charge in [0.05, 0.1) is 27.2 Å². The zero-order chi connectivity index (χ0) is 27.8. The molecule has 1 N–H and O–H groups in total. The Labute approximate surface area is 243 Å². The predicted octanol–water partition coefficient (Wildman–Crippen LogP) is 7.83. The van der Waals surface area contributed by atoms with Gasteiger partial charge in [-0.05, 0) is 48.0 Å². The lowest BCUT2D eigenvalue weighted by Crippen LogP contribution is -2.02. The molecule has 0 saturated heterocycles. The standard InChI is InChI=1S/C32H22N6OS2/c1-20(31-33-26-13-7-8-14-28(26)41-31)35-36-32-34-27(19-40-32)29-25(18-38(37-29)24-11-3-2-4-12-24)30(39)23-16-15-21-9-5-6-10-22(21)17-23/h2-19H,1H3,(H,34,36). The van der Waals surface area contributed by atoms with Crippen LogP contribution in [0.4, 0.5) is 5.13 Å². The summed E-state index contributed by atoms with van der Waals surface area (Å²) in [6.07, 6.45) is 1.78. The molecule has 0 aliphatic carbocycles. The smallest absolute Gasteiger partial charge is 0.203 e. The van der Waals surface area contributed by atoms with E-state index in [1.165, 1.54) is 11.3 Å². The highest BCUT2D eigenvalue weighted by molar-refractivity contribution is 7.20. The summed E-state index contributed by atoms with van der Waals surface area (Å²) in [7, 11) is 0. The maximum atomic E-state index is 13.9. The van der Waals surface area contributed by atoms with Crippen molar-refractivity contribution in [3.05, 3.63) is 125 Å². The van der Waals surface area contributed by atoms with Gasteiger partial charge >= 0.3 is 0 Å². The SMILES string of the molecule is CC(=NNc1nc(-c2nn(-c3ccccc3)cc2C(=O)c2ccc3ccccc3c2)cs1)c1nc2ccccc2s1. The minimum Gasteiger partial charge on any atom is -0.288 e. The van der Waals surface area contributed by atoms with E-state index in [4.69, 9.17) is 10.1 Å². The monoisotopic (exact) mass is 570 g/mol. The highest BCUT2D eigenvalue weighted by Gasteiger charge is 2.22. The summed E-state index contributed by atoms with van der Waals surface area (Å²) in [5.74, 6) is -0.111. The second-order valence-corrected chi connectivity index (χ2v) is 11.3. The van der Waals surface area contributed by atoms with Crippen LogP contribution in [0.3, 0.4) is 0 Å². The number of nitrogens with zero attached hydrogens (tertiary/aromatic N) is 5. The van der Waals surface area contributed by atoms with Gasteiger partial charge in [0.25, 0.3) is 0 Å². The summed E-state index contributed by atoms with van der Waals surface area (Å²) >= 11 is 3.00. The van der Waals surface area contributed by atoms with Gasteiger partial charge < -0.3 is 0 Å². The number of carbonyl (C=O) groups is 1. The molecule has 0 fully saturated rings. The van der Waals surface area contributed by atoms with E-state index in [0.29, 0.717) is 27.6 Å². The molecule has 0 saturated carbocycles. The van der Waals surface area contributed by atoms with E-state index in [9.17, 15) is 4.79 Å². The van der Waals surface area contributed by atoms with Crippen LogP contribution < -0.4 is 5.43 Å². The van der Waals surface area contributed by atoms with Gasteiger partial charge in [-0.3, -0.25) is 10.2 Å². The molecule has 0 amide bonds. The van der Waals surface area contributed by atoms with Crippen LogP contribution in [0.2, 0.25) is 0 Å². The van der Waals surface area contributed by atoms with Gasteiger partial charge in [-0.2, -0.15) is 10.2 Å². The number of nitrogens with one attached hydrogen (secondary N) is 1. The molecule has 41 heavy (non-hydrogen) atoms. The van der Waals surface area contributed by atoms with Gasteiger partial charge in [0.1, 0.15) is 16.4 Å². The molecule has 7 rings (SSSR count). The number of anilines is 1. The van der Waals surface area contributed by atoms with E-state index < -0.39 is 0 Å². The number of thiazole rings is 2. The topological polar surface area (TPSA) is 85.1 Å². The van der Waals surface area contributed by atoms with Crippen LogP contribution in [-0.2, 0) is 0 Å². The first-order valence-corrected chi connectivity index (χ1v) is 14.6. The molecular weight excluding hydrogens is 549 g/mol. The molecule has 7 aromatic rings. The van der Waals surface area contributed by atoms with Crippen LogP contribution in [0.5, 0.6) is 0 Å². The van der Waals surface area contributed by atoms with Crippen LogP contribution >= 0.6 is 22.7 Å². The van der Waals surface area contributed by atoms with Crippen molar-refractivity contribution in [2.75, 3.05) is 5.43 Å². The van der Waals surface area contributed by atoms with E-state index in [0.717, 1.165) is 37.4 Å². The number of carbonyl (C=O) groups excluding carboxylic acids is 1. The van der Waals surface area contributed by atoms with Crippen LogP contribution in [0.25, 0.3) is 38.1 Å². The van der Waals surface area contributed by atoms with E-state index in [1.54, 1.807) is 22.2 Å². The highest BCUT2D eigenvalue weighted by atomic mass is 32.1. The third-order valence-electron chi connectivity index (χ3n) is 6.66. The summed E-state index contributed by atoms with van der Waals surface area (Å²) in [5, 5.41) is 14.8. The van der Waals surface area contributed by atoms with Gasteiger partial charge in [-0.15, -0.1) is 22.7 Å². The second-order valence-electron chi connectivity index (χ2n) is 9.40. The molecule has 4 aromatic carbocycles. The Morgan fingerprint density at radius 1 is 0.878 bits per heavy atom. The largest absolute Gasteiger partial charge is 0.288 e. The van der Waals surface area contributed by atoms with Crippen LogP contribution in [0.15, 0.2) is 114 Å². The number of aromatic nitrogens is 4. The second kappa shape index (κ2) is 10.5. The van der Waals surface area contributed by atoms with E-state index in [-0.39, 0.29) is 5.78 Å². The fourth-order valence-electron chi connectivity index (χ4n) is 4.57. The van der Waals surface area contributed by atoms with Crippen LogP contribution in [0.1, 0.15) is 27.9 Å². The average Bonchev–Trinajstić information content (AvgIpc) is 3.78. The maximum absolute atomic E-state index is 13.9. The molecule has 9 heteroatoms. The minimum absolute atomic E-state index is 0.111. The number of ketones is 1. The van der Waals surface area contributed by atoms with E-state index in [1.807, 2.05) is 103 Å². The number of hydrogen-bond acceptors (Lipinski definition) is 8. The Balaban J connectivity index is 1.22. The highest BCUT2D eigenvalue weighted by Crippen LogP contribution is 2.30. The molecule has 7 nitrogen and oxygen atoms in total. The average molecular weight is 571 g/mol. The van der Waals surface area contributed by atoms with Crippen molar-refractivity contribution >= 4 is 60.3 Å². The Kier molecular flexibility index (Phi) is 6.42. The number of para-hydroxylation sites is 2. The quantitative estimate of drug-likeness (QED) is 0.120. The Bertz CT molecular complexity index is 2040. The fourth-order valence-corrected chi connectivity index (χ4v) is 6.12. The van der Waals surface area contributed by atoms with Crippen molar-refractivity contribution in [1.82, 2.24) is 19.7 Å². The minimum atomic E-state index is -0.111. The summed E-state index contributed by atoms with van der Waals surface area (Å²) in [6, 6.07) is 31.5. The lowest BCUT2D eigenvalue weighted by atomic mass is 10.00. The number of hydrogen-bond donors (Lipinski definition) is 1. The number of rotatable bonds is 7. The molecule has 0 aliphatic heterocycles. The van der Waals surface area contributed by atoms with Crippen LogP contribution in [-0.4, -0.2) is 31.2 Å². The van der Waals surface area contributed by atoms with Crippen molar-refractivity contribution in [3.63, 3.8) is 0 Å². The molecule has 3 aromatic heterocycles. The zero-order valence-electron chi connectivity index (χ0n) is 21.9. The van der Waals surface area contributed by atoms with Gasteiger partial charge in [-0.25, -0.2) is 14.6 Å². The number of hydrazone groups is 1. The molecule has 0 unspecified atom stereocenters.